The van der Waals surface area contributed by atoms with Gasteiger partial charge in [-0.1, -0.05) is 326 Å². The predicted octanol–water partition coefficient (Wildman–Crippen LogP) is 23.9. The minimum absolute atomic E-state index is 0.0782. The molecule has 0 aromatic carbocycles. The Morgan fingerprint density at radius 3 is 0.797 bits per heavy atom. The number of esters is 3. The van der Waals surface area contributed by atoms with Gasteiger partial charge in [0.25, 0.3) is 0 Å². The molecule has 0 bridgehead atoms. The van der Waals surface area contributed by atoms with Gasteiger partial charge in [0.15, 0.2) is 6.10 Å². The molecule has 1 atom stereocenters. The first-order valence-electron chi connectivity index (χ1n) is 34.8. The van der Waals surface area contributed by atoms with Crippen LogP contribution in [0.15, 0.2) is 60.8 Å². The van der Waals surface area contributed by atoms with Crippen LogP contribution in [0, 0.1) is 0 Å². The van der Waals surface area contributed by atoms with E-state index in [-0.39, 0.29) is 31.1 Å². The summed E-state index contributed by atoms with van der Waals surface area (Å²) in [5.41, 5.74) is 0. The zero-order chi connectivity index (χ0) is 57.1. The van der Waals surface area contributed by atoms with Crippen molar-refractivity contribution in [3.05, 3.63) is 60.8 Å². The molecule has 6 nitrogen and oxygen atoms in total. The molecule has 0 N–H and O–H groups in total. The lowest BCUT2D eigenvalue weighted by molar-refractivity contribution is -0.167. The van der Waals surface area contributed by atoms with Crippen LogP contribution in [0.2, 0.25) is 0 Å². The van der Waals surface area contributed by atoms with Crippen molar-refractivity contribution >= 4 is 17.9 Å². The van der Waals surface area contributed by atoms with E-state index in [1.165, 1.54) is 225 Å². The summed E-state index contributed by atoms with van der Waals surface area (Å²) in [5, 5.41) is 0. The third kappa shape index (κ3) is 65.8. The van der Waals surface area contributed by atoms with Crippen LogP contribution in [0.25, 0.3) is 0 Å². The van der Waals surface area contributed by atoms with Crippen molar-refractivity contribution in [2.24, 2.45) is 0 Å². The SMILES string of the molecule is CC/C=C\C/C=C\C/C=C\CCCCCCCC(=O)OCC(COC(=O)CCCCCCCCCCCCCCCCCCCCCCCCCCCCC)OC(=O)CCCCCCCCCCC/C=C\C/C=C\CCCCC. The molecule has 0 fully saturated rings. The number of carbonyl (C=O) groups is 3. The average molecular weight is 1110 g/mol. The quantitative estimate of drug-likeness (QED) is 0.0261. The summed E-state index contributed by atoms with van der Waals surface area (Å²) in [6.45, 7) is 6.55. The number of allylic oxidation sites excluding steroid dienone is 10. The van der Waals surface area contributed by atoms with Crippen molar-refractivity contribution in [2.75, 3.05) is 13.2 Å². The van der Waals surface area contributed by atoms with Crippen LogP contribution in [-0.4, -0.2) is 37.2 Å². The van der Waals surface area contributed by atoms with E-state index in [1.54, 1.807) is 0 Å². The molecule has 0 aliphatic carbocycles. The highest BCUT2D eigenvalue weighted by Crippen LogP contribution is 2.18. The molecule has 0 aliphatic rings. The Labute approximate surface area is 491 Å². The van der Waals surface area contributed by atoms with Gasteiger partial charge in [-0.3, -0.25) is 14.4 Å². The van der Waals surface area contributed by atoms with Gasteiger partial charge in [-0.2, -0.15) is 0 Å². The molecule has 0 saturated heterocycles. The molecule has 0 amide bonds. The fourth-order valence-electron chi connectivity index (χ4n) is 10.3. The largest absolute Gasteiger partial charge is 0.462 e. The smallest absolute Gasteiger partial charge is 0.306 e. The molecule has 6 heteroatoms. The Kier molecular flexibility index (Phi) is 65.1. The lowest BCUT2D eigenvalue weighted by atomic mass is 10.0. The summed E-state index contributed by atoms with van der Waals surface area (Å²) in [4.78, 5) is 38.4. The summed E-state index contributed by atoms with van der Waals surface area (Å²) < 4.78 is 17.0. The van der Waals surface area contributed by atoms with Gasteiger partial charge in [-0.15, -0.1) is 0 Å². The number of carbonyl (C=O) groups excluding carboxylic acids is 3. The standard InChI is InChI=1S/C73H132O6/c1-4-7-10-13-16-19-22-25-28-30-32-33-34-35-36-37-38-39-41-42-45-48-51-54-57-60-63-66-72(75)78-69-70(68-77-71(74)65-62-59-56-53-50-47-44-27-24-21-18-15-12-9-6-3)79-73(76)67-64-61-58-55-52-49-46-43-40-31-29-26-23-20-17-14-11-8-5-2/h9,12,17-18,20-21,26-27,29,44,70H,4-8,10-11,13-16,19,22-25,28,30-43,45-69H2,1-3H3/b12-9-,20-17-,21-18-,29-26-,44-27-. The third-order valence-electron chi connectivity index (χ3n) is 15.5. The fourth-order valence-corrected chi connectivity index (χ4v) is 10.3. The molecule has 460 valence electrons. The Hall–Kier alpha value is -2.89. The molecular weight excluding hydrogens is 973 g/mol. The molecule has 0 aromatic heterocycles. The van der Waals surface area contributed by atoms with Crippen LogP contribution >= 0.6 is 0 Å². The summed E-state index contributed by atoms with van der Waals surface area (Å²) in [6.07, 6.45) is 86.8. The molecule has 0 radical (unpaired) electrons. The lowest BCUT2D eigenvalue weighted by Crippen LogP contribution is -2.30. The van der Waals surface area contributed by atoms with Gasteiger partial charge < -0.3 is 14.2 Å². The topological polar surface area (TPSA) is 78.9 Å². The Balaban J connectivity index is 4.26. The van der Waals surface area contributed by atoms with Crippen molar-refractivity contribution in [3.8, 4) is 0 Å². The summed E-state index contributed by atoms with van der Waals surface area (Å²) in [6, 6.07) is 0. The highest BCUT2D eigenvalue weighted by atomic mass is 16.6. The maximum Gasteiger partial charge on any atom is 0.306 e. The normalized spacial score (nSPS) is 12.4. The molecular formula is C73H132O6. The van der Waals surface area contributed by atoms with E-state index in [4.69, 9.17) is 14.2 Å². The Morgan fingerprint density at radius 2 is 0.494 bits per heavy atom. The molecule has 79 heavy (non-hydrogen) atoms. The first-order chi connectivity index (χ1) is 39.0. The zero-order valence-electron chi connectivity index (χ0n) is 52.9. The van der Waals surface area contributed by atoms with E-state index in [9.17, 15) is 14.4 Å². The number of hydrogen-bond donors (Lipinski definition) is 0. The summed E-state index contributed by atoms with van der Waals surface area (Å²) in [5.74, 6) is -0.878. The van der Waals surface area contributed by atoms with E-state index >= 15 is 0 Å². The monoisotopic (exact) mass is 1110 g/mol. The van der Waals surface area contributed by atoms with Crippen molar-refractivity contribution in [3.63, 3.8) is 0 Å². The predicted molar refractivity (Wildman–Crippen MR) is 344 cm³/mol. The van der Waals surface area contributed by atoms with Crippen molar-refractivity contribution in [1.29, 1.82) is 0 Å². The fraction of sp³-hybridized carbons (Fsp3) is 0.822. The van der Waals surface area contributed by atoms with Crippen molar-refractivity contribution in [1.82, 2.24) is 0 Å². The molecule has 0 aliphatic heterocycles. The second kappa shape index (κ2) is 67.6. The molecule has 0 spiro atoms. The van der Waals surface area contributed by atoms with Crippen LogP contribution < -0.4 is 0 Å². The summed E-state index contributed by atoms with van der Waals surface area (Å²) >= 11 is 0. The van der Waals surface area contributed by atoms with Gasteiger partial charge in [-0.05, 0) is 83.5 Å². The van der Waals surface area contributed by atoms with Gasteiger partial charge in [0.1, 0.15) is 13.2 Å². The van der Waals surface area contributed by atoms with Gasteiger partial charge >= 0.3 is 17.9 Å². The first-order valence-corrected chi connectivity index (χ1v) is 34.8. The van der Waals surface area contributed by atoms with Crippen molar-refractivity contribution in [2.45, 2.75) is 374 Å². The minimum atomic E-state index is -0.784. The van der Waals surface area contributed by atoms with E-state index in [0.29, 0.717) is 19.3 Å². The van der Waals surface area contributed by atoms with E-state index in [2.05, 4.69) is 81.5 Å². The summed E-state index contributed by atoms with van der Waals surface area (Å²) in [7, 11) is 0. The molecule has 0 aromatic rings. The average Bonchev–Trinajstić information content (AvgIpc) is 3.45. The Bertz CT molecular complexity index is 1410. The van der Waals surface area contributed by atoms with E-state index in [0.717, 1.165) is 103 Å². The van der Waals surface area contributed by atoms with Gasteiger partial charge in [0.2, 0.25) is 0 Å². The zero-order valence-corrected chi connectivity index (χ0v) is 52.9. The number of hydrogen-bond acceptors (Lipinski definition) is 6. The van der Waals surface area contributed by atoms with Crippen molar-refractivity contribution < 1.29 is 28.6 Å². The number of unbranched alkanes of at least 4 members (excludes halogenated alkanes) is 43. The first kappa shape index (κ1) is 76.1. The second-order valence-corrected chi connectivity index (χ2v) is 23.4. The van der Waals surface area contributed by atoms with Crippen LogP contribution in [-0.2, 0) is 28.6 Å². The minimum Gasteiger partial charge on any atom is -0.462 e. The highest BCUT2D eigenvalue weighted by molar-refractivity contribution is 5.71. The molecule has 0 heterocycles. The number of ether oxygens (including phenoxy) is 3. The van der Waals surface area contributed by atoms with Gasteiger partial charge in [0, 0.05) is 19.3 Å². The Morgan fingerprint density at radius 1 is 0.266 bits per heavy atom. The highest BCUT2D eigenvalue weighted by Gasteiger charge is 2.19. The van der Waals surface area contributed by atoms with E-state index < -0.39 is 6.10 Å². The van der Waals surface area contributed by atoms with Gasteiger partial charge in [0.05, 0.1) is 0 Å². The van der Waals surface area contributed by atoms with Crippen LogP contribution in [0.3, 0.4) is 0 Å². The lowest BCUT2D eigenvalue weighted by Gasteiger charge is -2.18. The third-order valence-corrected chi connectivity index (χ3v) is 15.5. The van der Waals surface area contributed by atoms with Crippen LogP contribution in [0.1, 0.15) is 367 Å². The number of rotatable bonds is 64. The van der Waals surface area contributed by atoms with Crippen LogP contribution in [0.5, 0.6) is 0 Å². The van der Waals surface area contributed by atoms with Crippen LogP contribution in [0.4, 0.5) is 0 Å². The maximum absolute atomic E-state index is 12.9. The molecule has 0 saturated carbocycles. The molecule has 0 rings (SSSR count). The van der Waals surface area contributed by atoms with Gasteiger partial charge in [-0.25, -0.2) is 0 Å². The maximum atomic E-state index is 12.9. The molecule has 1 unspecified atom stereocenters. The second-order valence-electron chi connectivity index (χ2n) is 23.4. The van der Waals surface area contributed by atoms with E-state index in [1.807, 2.05) is 0 Å².